The van der Waals surface area contributed by atoms with Crippen molar-refractivity contribution in [2.75, 3.05) is 13.1 Å². The van der Waals surface area contributed by atoms with Gasteiger partial charge in [-0.1, -0.05) is 60.7 Å². The molecule has 0 fully saturated rings. The summed E-state index contributed by atoms with van der Waals surface area (Å²) in [5, 5.41) is 0. The van der Waals surface area contributed by atoms with Crippen LogP contribution in [0.25, 0.3) is 11.1 Å². The molecule has 0 aliphatic rings. The Morgan fingerprint density at radius 3 is 1.17 bits per heavy atom. The molecule has 0 unspecified atom stereocenters. The molecule has 98 valence electrons. The molecule has 0 radical (unpaired) electrons. The summed E-state index contributed by atoms with van der Waals surface area (Å²) >= 11 is 1.82. The first-order valence-electron chi connectivity index (χ1n) is 5.52. The van der Waals surface area contributed by atoms with Crippen LogP contribution in [-0.4, -0.2) is 13.1 Å². The third-order valence-electron chi connectivity index (χ3n) is 2.05. The summed E-state index contributed by atoms with van der Waals surface area (Å²) in [7, 11) is 4.57. The van der Waals surface area contributed by atoms with E-state index in [4.69, 9.17) is 11.5 Å². The van der Waals surface area contributed by atoms with Gasteiger partial charge in [-0.05, 0) is 11.1 Å². The van der Waals surface area contributed by atoms with Crippen LogP contribution in [0.5, 0.6) is 0 Å². The summed E-state index contributed by atoms with van der Waals surface area (Å²) in [6.07, 6.45) is 0. The van der Waals surface area contributed by atoms with Gasteiger partial charge in [-0.2, -0.15) is 0 Å². The maximum atomic E-state index is 4.90. The number of halogens is 1. The number of hydrogen-bond donors (Lipinski definition) is 2. The molecule has 0 spiro atoms. The van der Waals surface area contributed by atoms with Crippen molar-refractivity contribution < 1.29 is 17.3 Å². The maximum absolute atomic E-state index is 4.90. The van der Waals surface area contributed by atoms with E-state index in [-0.39, 0.29) is 0 Å². The number of rotatable bonds is 2. The van der Waals surface area contributed by atoms with Gasteiger partial charge in [-0.3, -0.25) is 0 Å². The Labute approximate surface area is 123 Å². The van der Waals surface area contributed by atoms with E-state index < -0.39 is 0 Å². The van der Waals surface area contributed by atoms with Crippen LogP contribution in [0.15, 0.2) is 60.7 Å². The number of benzene rings is 2. The van der Waals surface area contributed by atoms with Gasteiger partial charge in [0.1, 0.15) is 0 Å². The minimum Gasteiger partial charge on any atom is -0.0622 e. The Hall–Kier alpha value is -0.727. The van der Waals surface area contributed by atoms with Crippen molar-refractivity contribution in [2.24, 2.45) is 11.5 Å². The van der Waals surface area contributed by atoms with Gasteiger partial charge in [0.15, 0.2) is 0 Å². The normalized spacial score (nSPS) is 8.44. The molecule has 0 amide bonds. The van der Waals surface area contributed by atoms with E-state index in [2.05, 4.69) is 58.2 Å². The maximum Gasteiger partial charge on any atom is -0.0184 e. The molecule has 0 aromatic heterocycles. The van der Waals surface area contributed by atoms with E-state index in [0.717, 1.165) is 0 Å². The van der Waals surface area contributed by atoms with Gasteiger partial charge in [0, 0.05) is 13.1 Å². The zero-order valence-electron chi connectivity index (χ0n) is 10.1. The molecule has 2 rings (SSSR count). The Morgan fingerprint density at radius 1 is 0.667 bits per heavy atom. The second-order valence-electron chi connectivity index (χ2n) is 3.31. The van der Waals surface area contributed by atoms with Crippen LogP contribution in [0.4, 0.5) is 0 Å². The van der Waals surface area contributed by atoms with Crippen molar-refractivity contribution in [2.45, 2.75) is 0 Å². The summed E-state index contributed by atoms with van der Waals surface area (Å²) in [5.74, 6) is 0. The minimum absolute atomic E-state index is 0.597. The fourth-order valence-corrected chi connectivity index (χ4v) is 1.26. The zero-order chi connectivity index (χ0) is 13.6. The molecular weight excluding hydrogens is 333 g/mol. The first kappa shape index (κ1) is 17.3. The zero-order valence-corrected chi connectivity index (χ0v) is 12.6. The summed E-state index contributed by atoms with van der Waals surface area (Å²) in [5.41, 5.74) is 12.4. The van der Waals surface area contributed by atoms with Crippen molar-refractivity contribution in [1.82, 2.24) is 0 Å². The molecule has 2 nitrogen and oxygen atoms in total. The van der Waals surface area contributed by atoms with E-state index >= 15 is 0 Å². The second kappa shape index (κ2) is 12.7. The fraction of sp³-hybridized carbons (Fsp3) is 0.143. The molecule has 0 heterocycles. The van der Waals surface area contributed by atoms with Gasteiger partial charge in [0.2, 0.25) is 0 Å². The molecule has 0 bridgehead atoms. The van der Waals surface area contributed by atoms with Crippen LogP contribution in [-0.2, 0) is 17.3 Å². The fourth-order valence-electron chi connectivity index (χ4n) is 1.26. The average Bonchev–Trinajstić information content (AvgIpc) is 2.51. The van der Waals surface area contributed by atoms with E-state index in [0.29, 0.717) is 13.1 Å². The van der Waals surface area contributed by atoms with Gasteiger partial charge in [0.05, 0.1) is 0 Å². The monoisotopic (exact) mass is 351 g/mol. The van der Waals surface area contributed by atoms with Gasteiger partial charge in [0.25, 0.3) is 0 Å². The Bertz CT molecular complexity index is 342. The van der Waals surface area contributed by atoms with E-state index in [1.807, 2.05) is 29.4 Å². The van der Waals surface area contributed by atoms with E-state index in [1.54, 1.807) is 0 Å². The number of hydrogen-bond acceptors (Lipinski definition) is 2. The van der Waals surface area contributed by atoms with Crippen molar-refractivity contribution in [3.63, 3.8) is 0 Å². The molecule has 2 aromatic carbocycles. The van der Waals surface area contributed by atoms with Gasteiger partial charge >= 0.3 is 27.0 Å². The van der Waals surface area contributed by atoms with Crippen LogP contribution < -0.4 is 11.5 Å². The van der Waals surface area contributed by atoms with Crippen LogP contribution >= 0.6 is 9.69 Å². The summed E-state index contributed by atoms with van der Waals surface area (Å²) in [4.78, 5) is 0. The standard InChI is InChI=1S/C12H10.C2H8N2.ClH.Ru/c1-3-7-11(8-4-1)12-9-5-2-6-10-12;3-1-2-4;;/h1-10H;1-4H2;1H;/q;;;+2/p-1. The van der Waals surface area contributed by atoms with Crippen molar-refractivity contribution >= 4 is 9.69 Å². The molecule has 2 aromatic rings. The third kappa shape index (κ3) is 7.57. The predicted octanol–water partition coefficient (Wildman–Crippen LogP) is 2.94. The molecular formula is C14H18ClN2Ru+. The average molecular weight is 351 g/mol. The minimum atomic E-state index is 0.597. The van der Waals surface area contributed by atoms with Crippen molar-refractivity contribution in [3.8, 4) is 11.1 Å². The Balaban J connectivity index is 0.000000415. The molecule has 4 N–H and O–H groups in total. The Morgan fingerprint density at radius 2 is 0.944 bits per heavy atom. The molecule has 0 aliphatic heterocycles. The molecule has 4 heteroatoms. The molecule has 0 saturated heterocycles. The van der Waals surface area contributed by atoms with Gasteiger partial charge in [-0.15, -0.1) is 0 Å². The molecule has 18 heavy (non-hydrogen) atoms. The van der Waals surface area contributed by atoms with Crippen LogP contribution in [0, 0.1) is 0 Å². The Kier molecular flexibility index (Phi) is 12.2. The van der Waals surface area contributed by atoms with Crippen LogP contribution in [0.1, 0.15) is 0 Å². The van der Waals surface area contributed by atoms with Crippen molar-refractivity contribution in [3.05, 3.63) is 60.7 Å². The smallest absolute Gasteiger partial charge is 0.0184 e. The summed E-state index contributed by atoms with van der Waals surface area (Å²) in [6.45, 7) is 1.19. The SMILES string of the molecule is NCCN.[Cl][Ru+].c1ccc(-c2ccccc2)cc1. The van der Waals surface area contributed by atoms with Gasteiger partial charge < -0.3 is 11.5 Å². The first-order valence-corrected chi connectivity index (χ1v) is 7.76. The third-order valence-corrected chi connectivity index (χ3v) is 2.05. The quantitative estimate of drug-likeness (QED) is 0.818. The number of nitrogens with two attached hydrogens (primary N) is 2. The molecule has 0 saturated carbocycles. The van der Waals surface area contributed by atoms with E-state index in [1.165, 1.54) is 11.1 Å². The van der Waals surface area contributed by atoms with Crippen LogP contribution in [0.2, 0.25) is 0 Å². The summed E-state index contributed by atoms with van der Waals surface area (Å²) in [6, 6.07) is 20.8. The largest absolute Gasteiger partial charge is 0.0622 e. The molecule has 0 atom stereocenters. The second-order valence-corrected chi connectivity index (χ2v) is 3.31. The predicted molar refractivity (Wildman–Crippen MR) is 75.8 cm³/mol. The van der Waals surface area contributed by atoms with Gasteiger partial charge in [-0.25, -0.2) is 0 Å². The molecule has 0 aliphatic carbocycles. The van der Waals surface area contributed by atoms with Crippen LogP contribution in [0.3, 0.4) is 0 Å². The topological polar surface area (TPSA) is 52.0 Å². The first-order chi connectivity index (χ1) is 8.88. The van der Waals surface area contributed by atoms with E-state index in [9.17, 15) is 0 Å². The van der Waals surface area contributed by atoms with Crippen molar-refractivity contribution in [1.29, 1.82) is 0 Å². The summed E-state index contributed by atoms with van der Waals surface area (Å²) < 4.78 is 0.